The average molecular weight is 344 g/mol. The second kappa shape index (κ2) is 6.70. The third-order valence-corrected chi connectivity index (χ3v) is 4.17. The van der Waals surface area contributed by atoms with Crippen LogP contribution in [0.2, 0.25) is 0 Å². The van der Waals surface area contributed by atoms with Crippen molar-refractivity contribution in [3.8, 4) is 0 Å². The number of fused-ring (bicyclic) bond motifs is 1. The fourth-order valence-corrected chi connectivity index (χ4v) is 2.81. The van der Waals surface area contributed by atoms with Gasteiger partial charge >= 0.3 is 12.1 Å². The normalized spacial score (nSPS) is 20.5. The summed E-state index contributed by atoms with van der Waals surface area (Å²) in [4.78, 5) is 25.5. The number of rotatable bonds is 3. The van der Waals surface area contributed by atoms with Crippen LogP contribution in [0.4, 0.5) is 13.2 Å². The standard InChI is InChI=1S/C16H19F3N2O3/c1-4-20-7-8-21-12(10(2)11(9-20)15(23)24-3)5-6-13(21)14(22)16(17,18)19/h5-6,9-10H,4,7-8H2,1-3H3/b11-9+. The summed E-state index contributed by atoms with van der Waals surface area (Å²) in [7, 11) is 1.25. The molecule has 0 aliphatic carbocycles. The van der Waals surface area contributed by atoms with Crippen LogP contribution in [0.15, 0.2) is 23.9 Å². The highest BCUT2D eigenvalue weighted by atomic mass is 19.4. The van der Waals surface area contributed by atoms with E-state index in [1.165, 1.54) is 17.7 Å². The number of alkyl halides is 3. The van der Waals surface area contributed by atoms with Crippen LogP contribution in [0.25, 0.3) is 0 Å². The molecule has 0 aromatic carbocycles. The second-order valence-electron chi connectivity index (χ2n) is 5.55. The van der Waals surface area contributed by atoms with Crippen LogP contribution >= 0.6 is 0 Å². The summed E-state index contributed by atoms with van der Waals surface area (Å²) in [5.41, 5.74) is 0.408. The first kappa shape index (κ1) is 18.1. The van der Waals surface area contributed by atoms with Crippen LogP contribution in [0, 0.1) is 0 Å². The van der Waals surface area contributed by atoms with Crippen molar-refractivity contribution in [1.82, 2.24) is 9.47 Å². The predicted octanol–water partition coefficient (Wildman–Crippen LogP) is 2.73. The molecule has 1 aliphatic heterocycles. The SMILES string of the molecule is CCN1/C=C(/C(=O)OC)C(C)c2ccc(C(=O)C(F)(F)F)n2CC1. The summed E-state index contributed by atoms with van der Waals surface area (Å²) in [5, 5.41) is 0. The molecule has 5 nitrogen and oxygen atoms in total. The lowest BCUT2D eigenvalue weighted by Gasteiger charge is -2.28. The zero-order valence-corrected chi connectivity index (χ0v) is 13.7. The van der Waals surface area contributed by atoms with Gasteiger partial charge in [0.05, 0.1) is 18.4 Å². The first-order chi connectivity index (χ1) is 11.2. The molecule has 0 amide bonds. The Morgan fingerprint density at radius 3 is 2.50 bits per heavy atom. The third kappa shape index (κ3) is 3.32. The van der Waals surface area contributed by atoms with Crippen LogP contribution < -0.4 is 0 Å². The Bertz CT molecular complexity index is 677. The van der Waals surface area contributed by atoms with Gasteiger partial charge < -0.3 is 14.2 Å². The van der Waals surface area contributed by atoms with Crippen molar-refractivity contribution in [1.29, 1.82) is 0 Å². The number of halogens is 3. The lowest BCUT2D eigenvalue weighted by atomic mass is 9.97. The molecule has 0 saturated carbocycles. The number of nitrogens with zero attached hydrogens (tertiary/aromatic N) is 2. The van der Waals surface area contributed by atoms with Gasteiger partial charge in [0.25, 0.3) is 5.78 Å². The van der Waals surface area contributed by atoms with Gasteiger partial charge in [0.2, 0.25) is 0 Å². The molecule has 8 heteroatoms. The van der Waals surface area contributed by atoms with Crippen molar-refractivity contribution < 1.29 is 27.5 Å². The Hall–Kier alpha value is -2.25. The minimum absolute atomic E-state index is 0.225. The molecule has 1 aromatic rings. The van der Waals surface area contributed by atoms with Gasteiger partial charge in [0, 0.05) is 37.4 Å². The number of aromatic nitrogens is 1. The summed E-state index contributed by atoms with van der Waals surface area (Å²) in [5.74, 6) is -2.92. The molecule has 0 N–H and O–H groups in total. The summed E-state index contributed by atoms with van der Waals surface area (Å²) < 4.78 is 44.5. The molecular formula is C16H19F3N2O3. The molecule has 0 fully saturated rings. The van der Waals surface area contributed by atoms with Gasteiger partial charge in [-0.05, 0) is 19.1 Å². The fraction of sp³-hybridized carbons (Fsp3) is 0.500. The van der Waals surface area contributed by atoms with Crippen molar-refractivity contribution >= 4 is 11.8 Å². The summed E-state index contributed by atoms with van der Waals surface area (Å²) in [6, 6.07) is 2.63. The topological polar surface area (TPSA) is 51.5 Å². The van der Waals surface area contributed by atoms with E-state index >= 15 is 0 Å². The quantitative estimate of drug-likeness (QED) is 0.625. The summed E-state index contributed by atoms with van der Waals surface area (Å²) in [6.45, 7) is 4.75. The third-order valence-electron chi connectivity index (χ3n) is 4.17. The smallest absolute Gasteiger partial charge is 0.456 e. The molecule has 2 rings (SSSR count). The number of likely N-dealkylation sites (N-methyl/N-ethyl adjacent to an activating group) is 1. The lowest BCUT2D eigenvalue weighted by molar-refractivity contribution is -0.136. The fourth-order valence-electron chi connectivity index (χ4n) is 2.81. The van der Waals surface area contributed by atoms with Gasteiger partial charge in [-0.15, -0.1) is 0 Å². The maximum absolute atomic E-state index is 12.8. The minimum Gasteiger partial charge on any atom is -0.466 e. The van der Waals surface area contributed by atoms with E-state index in [1.807, 2.05) is 11.8 Å². The number of carbonyl (C=O) groups excluding carboxylic acids is 2. The van der Waals surface area contributed by atoms with E-state index in [9.17, 15) is 22.8 Å². The van der Waals surface area contributed by atoms with E-state index < -0.39 is 29.5 Å². The molecule has 1 aliphatic rings. The van der Waals surface area contributed by atoms with Crippen molar-refractivity contribution in [3.63, 3.8) is 0 Å². The lowest BCUT2D eigenvalue weighted by Crippen LogP contribution is -2.32. The average Bonchev–Trinajstić information content (AvgIpc) is 2.93. The van der Waals surface area contributed by atoms with E-state index in [4.69, 9.17) is 4.74 Å². The Kier molecular flexibility index (Phi) is 5.05. The molecule has 0 bridgehead atoms. The number of Topliss-reactive ketones (excluding diaryl/α,β-unsaturated/α-hetero) is 1. The summed E-state index contributed by atoms with van der Waals surface area (Å²) >= 11 is 0. The van der Waals surface area contributed by atoms with E-state index in [-0.39, 0.29) is 6.54 Å². The Labute approximate surface area is 137 Å². The molecule has 1 atom stereocenters. The Morgan fingerprint density at radius 2 is 1.96 bits per heavy atom. The number of esters is 1. The molecular weight excluding hydrogens is 325 g/mol. The van der Waals surface area contributed by atoms with E-state index in [0.717, 1.165) is 6.07 Å². The highest BCUT2D eigenvalue weighted by Gasteiger charge is 2.41. The molecule has 0 spiro atoms. The van der Waals surface area contributed by atoms with Gasteiger partial charge in [-0.25, -0.2) is 4.79 Å². The van der Waals surface area contributed by atoms with Crippen LogP contribution in [-0.2, 0) is 16.1 Å². The van der Waals surface area contributed by atoms with E-state index in [1.54, 1.807) is 13.1 Å². The minimum atomic E-state index is -4.94. The number of ether oxygens (including phenoxy) is 1. The number of hydrogen-bond acceptors (Lipinski definition) is 4. The zero-order chi connectivity index (χ0) is 18.1. The molecule has 1 unspecified atom stereocenters. The van der Waals surface area contributed by atoms with E-state index in [2.05, 4.69) is 0 Å². The number of hydrogen-bond donors (Lipinski definition) is 0. The van der Waals surface area contributed by atoms with Crippen LogP contribution in [0.3, 0.4) is 0 Å². The number of ketones is 1. The van der Waals surface area contributed by atoms with E-state index in [0.29, 0.717) is 24.4 Å². The highest BCUT2D eigenvalue weighted by molar-refractivity contribution is 5.99. The van der Waals surface area contributed by atoms with Crippen LogP contribution in [0.5, 0.6) is 0 Å². The molecule has 0 radical (unpaired) electrons. The maximum Gasteiger partial charge on any atom is 0.456 e. The van der Waals surface area contributed by atoms with Crippen LogP contribution in [-0.4, -0.2) is 47.6 Å². The molecule has 132 valence electrons. The molecule has 0 saturated heterocycles. The van der Waals surface area contributed by atoms with Crippen molar-refractivity contribution in [2.75, 3.05) is 20.2 Å². The molecule has 24 heavy (non-hydrogen) atoms. The first-order valence-electron chi connectivity index (χ1n) is 7.55. The predicted molar refractivity (Wildman–Crippen MR) is 80.6 cm³/mol. The number of carbonyl (C=O) groups is 2. The monoisotopic (exact) mass is 344 g/mol. The largest absolute Gasteiger partial charge is 0.466 e. The van der Waals surface area contributed by atoms with Gasteiger partial charge in [0.15, 0.2) is 0 Å². The first-order valence-corrected chi connectivity index (χ1v) is 7.55. The second-order valence-corrected chi connectivity index (χ2v) is 5.55. The molecule has 1 aromatic heterocycles. The van der Waals surface area contributed by atoms with Gasteiger partial charge in [-0.2, -0.15) is 13.2 Å². The van der Waals surface area contributed by atoms with Crippen LogP contribution in [0.1, 0.15) is 35.9 Å². The molecule has 2 heterocycles. The van der Waals surface area contributed by atoms with Gasteiger partial charge in [0.1, 0.15) is 0 Å². The maximum atomic E-state index is 12.8. The zero-order valence-electron chi connectivity index (χ0n) is 13.7. The summed E-state index contributed by atoms with van der Waals surface area (Å²) in [6.07, 6.45) is -3.26. The number of methoxy groups -OCH3 is 1. The van der Waals surface area contributed by atoms with Crippen molar-refractivity contribution in [3.05, 3.63) is 35.3 Å². The van der Waals surface area contributed by atoms with Gasteiger partial charge in [-0.1, -0.05) is 6.92 Å². The Morgan fingerprint density at radius 1 is 1.29 bits per heavy atom. The van der Waals surface area contributed by atoms with Crippen molar-refractivity contribution in [2.24, 2.45) is 0 Å². The van der Waals surface area contributed by atoms with Crippen molar-refractivity contribution in [2.45, 2.75) is 32.5 Å². The highest BCUT2D eigenvalue weighted by Crippen LogP contribution is 2.31. The van der Waals surface area contributed by atoms with Gasteiger partial charge in [-0.3, -0.25) is 4.79 Å². The Balaban J connectivity index is 2.53.